The molecule has 0 saturated heterocycles. The molecule has 0 aliphatic carbocycles. The molecule has 1 unspecified atom stereocenters. The molecule has 0 radical (unpaired) electrons. The molecule has 0 spiro atoms. The molecule has 6 heteroatoms. The van der Waals surface area contributed by atoms with Gasteiger partial charge < -0.3 is 14.4 Å². The average Bonchev–Trinajstić information content (AvgIpc) is 2.82. The topological polar surface area (TPSA) is 64.3 Å². The number of rotatable bonds is 2. The van der Waals surface area contributed by atoms with Crippen molar-refractivity contribution in [2.45, 2.75) is 19.3 Å². The molecule has 2 aromatic rings. The van der Waals surface area contributed by atoms with Crippen LogP contribution in [0.4, 0.5) is 4.39 Å². The molecule has 98 valence electrons. The van der Waals surface area contributed by atoms with Crippen molar-refractivity contribution < 1.29 is 19.0 Å². The van der Waals surface area contributed by atoms with E-state index in [-0.39, 0.29) is 24.2 Å². The first-order valence-corrected chi connectivity index (χ1v) is 5.80. The van der Waals surface area contributed by atoms with Crippen LogP contribution in [0.25, 0.3) is 0 Å². The van der Waals surface area contributed by atoms with E-state index in [0.29, 0.717) is 12.4 Å². The monoisotopic (exact) mass is 262 g/mol. The SMILES string of the molecule is O=C(O)c1cn2c(n1)COC(c1ccc(F)cc1)C2. The van der Waals surface area contributed by atoms with Crippen LogP contribution < -0.4 is 0 Å². The first kappa shape index (κ1) is 11.9. The number of carbonyl (C=O) groups is 1. The molecule has 5 nitrogen and oxygen atoms in total. The molecule has 0 bridgehead atoms. The van der Waals surface area contributed by atoms with Gasteiger partial charge in [0.05, 0.1) is 6.54 Å². The predicted octanol–water partition coefficient (Wildman–Crippen LogP) is 1.99. The Kier molecular flexibility index (Phi) is 2.79. The number of hydrogen-bond acceptors (Lipinski definition) is 3. The van der Waals surface area contributed by atoms with Crippen LogP contribution in [0.3, 0.4) is 0 Å². The number of hydrogen-bond donors (Lipinski definition) is 1. The van der Waals surface area contributed by atoms with Gasteiger partial charge in [-0.3, -0.25) is 0 Å². The highest BCUT2D eigenvalue weighted by Crippen LogP contribution is 2.26. The second kappa shape index (κ2) is 4.47. The van der Waals surface area contributed by atoms with Crippen LogP contribution in [-0.4, -0.2) is 20.6 Å². The highest BCUT2D eigenvalue weighted by molar-refractivity contribution is 5.85. The van der Waals surface area contributed by atoms with Gasteiger partial charge in [0, 0.05) is 6.20 Å². The Morgan fingerprint density at radius 3 is 2.84 bits per heavy atom. The van der Waals surface area contributed by atoms with Crippen LogP contribution in [0.2, 0.25) is 0 Å². The third kappa shape index (κ3) is 2.22. The van der Waals surface area contributed by atoms with Crippen LogP contribution in [0.15, 0.2) is 30.5 Å². The molecule has 19 heavy (non-hydrogen) atoms. The van der Waals surface area contributed by atoms with Crippen LogP contribution in [0.1, 0.15) is 28.0 Å². The molecule has 1 aromatic heterocycles. The fourth-order valence-corrected chi connectivity index (χ4v) is 2.12. The third-order valence-electron chi connectivity index (χ3n) is 3.10. The summed E-state index contributed by atoms with van der Waals surface area (Å²) in [6.07, 6.45) is 1.28. The van der Waals surface area contributed by atoms with E-state index in [1.165, 1.54) is 18.3 Å². The lowest BCUT2D eigenvalue weighted by atomic mass is 10.1. The van der Waals surface area contributed by atoms with Crippen molar-refractivity contribution in [3.63, 3.8) is 0 Å². The number of halogens is 1. The second-order valence-corrected chi connectivity index (χ2v) is 4.35. The van der Waals surface area contributed by atoms with Gasteiger partial charge in [0.25, 0.3) is 0 Å². The van der Waals surface area contributed by atoms with E-state index in [1.807, 2.05) is 0 Å². The molecule has 1 atom stereocenters. The zero-order valence-corrected chi connectivity index (χ0v) is 9.91. The largest absolute Gasteiger partial charge is 0.476 e. The maximum absolute atomic E-state index is 12.9. The summed E-state index contributed by atoms with van der Waals surface area (Å²) in [5.41, 5.74) is 0.871. The van der Waals surface area contributed by atoms with Gasteiger partial charge >= 0.3 is 5.97 Å². The number of benzene rings is 1. The minimum Gasteiger partial charge on any atom is -0.476 e. The zero-order chi connectivity index (χ0) is 13.4. The summed E-state index contributed by atoms with van der Waals surface area (Å²) < 4.78 is 20.3. The smallest absolute Gasteiger partial charge is 0.356 e. The van der Waals surface area contributed by atoms with Gasteiger partial charge in [-0.2, -0.15) is 0 Å². The third-order valence-corrected chi connectivity index (χ3v) is 3.10. The van der Waals surface area contributed by atoms with Crippen molar-refractivity contribution in [2.24, 2.45) is 0 Å². The lowest BCUT2D eigenvalue weighted by molar-refractivity contribution is 0.000453. The Bertz CT molecular complexity index is 621. The van der Waals surface area contributed by atoms with Gasteiger partial charge in [0.1, 0.15) is 24.4 Å². The minimum absolute atomic E-state index is 0.0124. The number of carboxylic acid groups (broad SMARTS) is 1. The summed E-state index contributed by atoms with van der Waals surface area (Å²) in [6.45, 7) is 0.719. The Morgan fingerprint density at radius 1 is 1.42 bits per heavy atom. The summed E-state index contributed by atoms with van der Waals surface area (Å²) in [4.78, 5) is 14.8. The van der Waals surface area contributed by atoms with Crippen molar-refractivity contribution in [1.29, 1.82) is 0 Å². The van der Waals surface area contributed by atoms with Crippen LogP contribution in [0, 0.1) is 5.82 Å². The van der Waals surface area contributed by atoms with Crippen LogP contribution in [-0.2, 0) is 17.9 Å². The van der Waals surface area contributed by atoms with Crippen molar-refractivity contribution in [3.05, 3.63) is 53.4 Å². The van der Waals surface area contributed by atoms with Crippen molar-refractivity contribution in [1.82, 2.24) is 9.55 Å². The number of imidazole rings is 1. The Balaban J connectivity index is 1.85. The van der Waals surface area contributed by atoms with Gasteiger partial charge in [0.2, 0.25) is 0 Å². The van der Waals surface area contributed by atoms with Crippen LogP contribution in [0.5, 0.6) is 0 Å². The molecule has 3 rings (SSSR count). The van der Waals surface area contributed by atoms with E-state index in [0.717, 1.165) is 5.56 Å². The first-order valence-electron chi connectivity index (χ1n) is 5.80. The van der Waals surface area contributed by atoms with Gasteiger partial charge in [-0.1, -0.05) is 12.1 Å². The lowest BCUT2D eigenvalue weighted by Crippen LogP contribution is -2.20. The Morgan fingerprint density at radius 2 is 2.16 bits per heavy atom. The highest BCUT2D eigenvalue weighted by atomic mass is 19.1. The summed E-state index contributed by atoms with van der Waals surface area (Å²) in [7, 11) is 0. The second-order valence-electron chi connectivity index (χ2n) is 4.35. The molecule has 1 aliphatic rings. The molecule has 1 aliphatic heterocycles. The lowest BCUT2D eigenvalue weighted by Gasteiger charge is -2.24. The molecule has 0 saturated carbocycles. The summed E-state index contributed by atoms with van der Waals surface area (Å²) in [5, 5.41) is 8.89. The van der Waals surface area contributed by atoms with Gasteiger partial charge in [-0.15, -0.1) is 0 Å². The standard InChI is InChI=1S/C13H11FN2O3/c14-9-3-1-8(2-4-9)11-6-16-5-10(13(17)18)15-12(16)7-19-11/h1-5,11H,6-7H2,(H,17,18). The molecule has 1 aromatic carbocycles. The molecule has 1 N–H and O–H groups in total. The quantitative estimate of drug-likeness (QED) is 0.899. The number of aromatic carboxylic acids is 1. The molecular formula is C13H11FN2O3. The average molecular weight is 262 g/mol. The van der Waals surface area contributed by atoms with Crippen LogP contribution >= 0.6 is 0 Å². The normalized spacial score (nSPS) is 18.1. The number of ether oxygens (including phenoxy) is 1. The maximum Gasteiger partial charge on any atom is 0.356 e. The van der Waals surface area contributed by atoms with Gasteiger partial charge in [-0.05, 0) is 17.7 Å². The molecule has 0 amide bonds. The van der Waals surface area contributed by atoms with Gasteiger partial charge in [0.15, 0.2) is 5.69 Å². The fraction of sp³-hybridized carbons (Fsp3) is 0.231. The predicted molar refractivity (Wildman–Crippen MR) is 63.1 cm³/mol. The van der Waals surface area contributed by atoms with Crippen molar-refractivity contribution >= 4 is 5.97 Å². The Labute approximate surface area is 108 Å². The molecular weight excluding hydrogens is 251 g/mol. The van der Waals surface area contributed by atoms with E-state index in [9.17, 15) is 9.18 Å². The fourth-order valence-electron chi connectivity index (χ4n) is 2.12. The zero-order valence-electron chi connectivity index (χ0n) is 9.91. The van der Waals surface area contributed by atoms with Gasteiger partial charge in [-0.25, -0.2) is 14.2 Å². The number of fused-ring (bicyclic) bond motifs is 1. The van der Waals surface area contributed by atoms with Crippen molar-refractivity contribution in [2.75, 3.05) is 0 Å². The van der Waals surface area contributed by atoms with E-state index >= 15 is 0 Å². The first-order chi connectivity index (χ1) is 9.13. The van der Waals surface area contributed by atoms with E-state index in [4.69, 9.17) is 9.84 Å². The maximum atomic E-state index is 12.9. The highest BCUT2D eigenvalue weighted by Gasteiger charge is 2.23. The van der Waals surface area contributed by atoms with E-state index < -0.39 is 5.97 Å². The van der Waals surface area contributed by atoms with E-state index in [1.54, 1.807) is 16.7 Å². The number of aromatic nitrogens is 2. The molecule has 0 fully saturated rings. The summed E-state index contributed by atoms with van der Waals surface area (Å²) in [6, 6.07) is 6.09. The number of carboxylic acids is 1. The summed E-state index contributed by atoms with van der Waals surface area (Å²) in [5.74, 6) is -0.757. The summed E-state index contributed by atoms with van der Waals surface area (Å²) >= 11 is 0. The van der Waals surface area contributed by atoms with E-state index in [2.05, 4.69) is 4.98 Å². The molecule has 2 heterocycles. The van der Waals surface area contributed by atoms with Crippen molar-refractivity contribution in [3.8, 4) is 0 Å². The minimum atomic E-state index is -1.06. The number of nitrogens with zero attached hydrogens (tertiary/aromatic N) is 2. The Hall–Kier alpha value is -2.21.